The molecule has 4 nitrogen and oxygen atoms in total. The first kappa shape index (κ1) is 17.4. The standard InChI is InChI=1S/C14H29NO3/c1-6-7-10-17-11-8-9-15-12(2)13(16)18-14(3,4)5/h12,15H,6-11H2,1-5H3. The van der Waals surface area contributed by atoms with Crippen LogP contribution in [0.2, 0.25) is 0 Å². The summed E-state index contributed by atoms with van der Waals surface area (Å²) in [6.07, 6.45) is 3.19. The molecule has 0 saturated heterocycles. The van der Waals surface area contributed by atoms with E-state index in [9.17, 15) is 4.79 Å². The Kier molecular flexibility index (Phi) is 9.02. The summed E-state index contributed by atoms with van der Waals surface area (Å²) in [6, 6.07) is -0.264. The van der Waals surface area contributed by atoms with Crippen LogP contribution in [0, 0.1) is 0 Å². The molecule has 108 valence electrons. The molecule has 0 heterocycles. The second-order valence-corrected chi connectivity index (χ2v) is 5.53. The lowest BCUT2D eigenvalue weighted by atomic mass is 10.2. The number of unbranched alkanes of at least 4 members (excludes halogenated alkanes) is 1. The fourth-order valence-electron chi connectivity index (χ4n) is 1.31. The lowest BCUT2D eigenvalue weighted by Crippen LogP contribution is -2.39. The van der Waals surface area contributed by atoms with E-state index < -0.39 is 5.60 Å². The summed E-state index contributed by atoms with van der Waals surface area (Å²) in [5.41, 5.74) is -0.420. The summed E-state index contributed by atoms with van der Waals surface area (Å²) < 4.78 is 10.7. The highest BCUT2D eigenvalue weighted by Crippen LogP contribution is 2.08. The minimum atomic E-state index is -0.420. The van der Waals surface area contributed by atoms with Gasteiger partial charge in [0.15, 0.2) is 0 Å². The van der Waals surface area contributed by atoms with Gasteiger partial charge in [0, 0.05) is 13.2 Å². The minimum Gasteiger partial charge on any atom is -0.459 e. The zero-order chi connectivity index (χ0) is 14.0. The molecule has 0 fully saturated rings. The number of rotatable bonds is 9. The molecule has 0 amide bonds. The Hall–Kier alpha value is -0.610. The van der Waals surface area contributed by atoms with E-state index in [2.05, 4.69) is 12.2 Å². The Morgan fingerprint density at radius 1 is 1.22 bits per heavy atom. The molecule has 0 rings (SSSR count). The number of carbonyl (C=O) groups excluding carboxylic acids is 1. The van der Waals surface area contributed by atoms with Crippen molar-refractivity contribution in [3.63, 3.8) is 0 Å². The van der Waals surface area contributed by atoms with E-state index in [0.717, 1.165) is 39.0 Å². The molecule has 1 unspecified atom stereocenters. The highest BCUT2D eigenvalue weighted by Gasteiger charge is 2.20. The van der Waals surface area contributed by atoms with Gasteiger partial charge in [0.05, 0.1) is 0 Å². The van der Waals surface area contributed by atoms with Gasteiger partial charge in [-0.2, -0.15) is 0 Å². The Balaban J connectivity index is 3.52. The molecule has 0 spiro atoms. The van der Waals surface area contributed by atoms with Crippen LogP contribution in [0.1, 0.15) is 53.9 Å². The predicted molar refractivity (Wildman–Crippen MR) is 73.7 cm³/mol. The van der Waals surface area contributed by atoms with E-state index in [1.54, 1.807) is 0 Å². The summed E-state index contributed by atoms with van der Waals surface area (Å²) >= 11 is 0. The van der Waals surface area contributed by atoms with Crippen molar-refractivity contribution in [3.8, 4) is 0 Å². The molecule has 18 heavy (non-hydrogen) atoms. The van der Waals surface area contributed by atoms with Crippen LogP contribution in [0.25, 0.3) is 0 Å². The summed E-state index contributed by atoms with van der Waals surface area (Å²) in [5, 5.41) is 3.14. The number of carbonyl (C=O) groups is 1. The average molecular weight is 259 g/mol. The third-order valence-electron chi connectivity index (χ3n) is 2.32. The van der Waals surface area contributed by atoms with Crippen LogP contribution in [-0.4, -0.2) is 37.4 Å². The Bertz CT molecular complexity index is 224. The van der Waals surface area contributed by atoms with Crippen molar-refractivity contribution in [2.24, 2.45) is 0 Å². The van der Waals surface area contributed by atoms with Crippen LogP contribution >= 0.6 is 0 Å². The molecular formula is C14H29NO3. The SMILES string of the molecule is CCCCOCCCNC(C)C(=O)OC(C)(C)C. The molecule has 1 atom stereocenters. The smallest absolute Gasteiger partial charge is 0.323 e. The minimum absolute atomic E-state index is 0.200. The second kappa shape index (κ2) is 9.34. The fourth-order valence-corrected chi connectivity index (χ4v) is 1.31. The van der Waals surface area contributed by atoms with Crippen LogP contribution in [0.4, 0.5) is 0 Å². The van der Waals surface area contributed by atoms with Crippen LogP contribution < -0.4 is 5.32 Å². The van der Waals surface area contributed by atoms with E-state index in [4.69, 9.17) is 9.47 Å². The van der Waals surface area contributed by atoms with E-state index in [0.29, 0.717) is 0 Å². The van der Waals surface area contributed by atoms with Crippen molar-refractivity contribution < 1.29 is 14.3 Å². The summed E-state index contributed by atoms with van der Waals surface area (Å²) in [6.45, 7) is 11.9. The highest BCUT2D eigenvalue weighted by molar-refractivity contribution is 5.75. The molecule has 0 aromatic heterocycles. The predicted octanol–water partition coefficient (Wildman–Crippen LogP) is 2.51. The van der Waals surface area contributed by atoms with Gasteiger partial charge in [-0.3, -0.25) is 4.79 Å². The Labute approximate surface area is 111 Å². The number of ether oxygens (including phenoxy) is 2. The third-order valence-corrected chi connectivity index (χ3v) is 2.32. The first-order chi connectivity index (χ1) is 8.37. The quantitative estimate of drug-likeness (QED) is 0.510. The van der Waals surface area contributed by atoms with Gasteiger partial charge in [-0.15, -0.1) is 0 Å². The molecule has 0 aliphatic carbocycles. The van der Waals surface area contributed by atoms with E-state index in [-0.39, 0.29) is 12.0 Å². The Morgan fingerprint density at radius 2 is 1.83 bits per heavy atom. The van der Waals surface area contributed by atoms with Gasteiger partial charge in [-0.1, -0.05) is 13.3 Å². The van der Waals surface area contributed by atoms with Gasteiger partial charge in [-0.25, -0.2) is 0 Å². The number of nitrogens with one attached hydrogen (secondary N) is 1. The normalized spacial score (nSPS) is 13.4. The zero-order valence-corrected chi connectivity index (χ0v) is 12.5. The maximum Gasteiger partial charge on any atom is 0.323 e. The van der Waals surface area contributed by atoms with Gasteiger partial charge in [0.1, 0.15) is 11.6 Å². The van der Waals surface area contributed by atoms with Crippen LogP contribution in [0.3, 0.4) is 0 Å². The largest absolute Gasteiger partial charge is 0.459 e. The van der Waals surface area contributed by atoms with Crippen molar-refractivity contribution in [1.29, 1.82) is 0 Å². The van der Waals surface area contributed by atoms with Gasteiger partial charge < -0.3 is 14.8 Å². The first-order valence-corrected chi connectivity index (χ1v) is 6.91. The first-order valence-electron chi connectivity index (χ1n) is 6.91. The maximum absolute atomic E-state index is 11.6. The van der Waals surface area contributed by atoms with Crippen molar-refractivity contribution in [1.82, 2.24) is 5.32 Å². The van der Waals surface area contributed by atoms with Crippen LogP contribution in [0.5, 0.6) is 0 Å². The van der Waals surface area contributed by atoms with Gasteiger partial charge in [0.25, 0.3) is 0 Å². The van der Waals surface area contributed by atoms with Gasteiger partial charge in [-0.05, 0) is 47.1 Å². The average Bonchev–Trinajstić information content (AvgIpc) is 2.25. The van der Waals surface area contributed by atoms with Crippen molar-refractivity contribution in [3.05, 3.63) is 0 Å². The molecular weight excluding hydrogens is 230 g/mol. The topological polar surface area (TPSA) is 47.6 Å². The highest BCUT2D eigenvalue weighted by atomic mass is 16.6. The van der Waals surface area contributed by atoms with Gasteiger partial charge in [0.2, 0.25) is 0 Å². The van der Waals surface area contributed by atoms with E-state index in [1.807, 2.05) is 27.7 Å². The molecule has 0 aliphatic rings. The lowest BCUT2D eigenvalue weighted by molar-refractivity contribution is -0.156. The number of esters is 1. The summed E-state index contributed by atoms with van der Waals surface area (Å²) in [7, 11) is 0. The monoisotopic (exact) mass is 259 g/mol. The number of hydrogen-bond acceptors (Lipinski definition) is 4. The van der Waals surface area contributed by atoms with Crippen molar-refractivity contribution in [2.75, 3.05) is 19.8 Å². The van der Waals surface area contributed by atoms with Crippen LogP contribution in [0.15, 0.2) is 0 Å². The Morgan fingerprint density at radius 3 is 2.39 bits per heavy atom. The lowest BCUT2D eigenvalue weighted by Gasteiger charge is -2.22. The van der Waals surface area contributed by atoms with Crippen molar-refractivity contribution in [2.45, 2.75) is 65.5 Å². The summed E-state index contributed by atoms with van der Waals surface area (Å²) in [4.78, 5) is 11.6. The van der Waals surface area contributed by atoms with E-state index >= 15 is 0 Å². The molecule has 0 aliphatic heterocycles. The third kappa shape index (κ3) is 10.5. The molecule has 0 aromatic rings. The molecule has 0 aromatic carbocycles. The van der Waals surface area contributed by atoms with Gasteiger partial charge >= 0.3 is 5.97 Å². The number of hydrogen-bond donors (Lipinski definition) is 1. The second-order valence-electron chi connectivity index (χ2n) is 5.53. The van der Waals surface area contributed by atoms with Crippen molar-refractivity contribution >= 4 is 5.97 Å². The molecule has 1 N–H and O–H groups in total. The molecule has 0 radical (unpaired) electrons. The molecule has 0 saturated carbocycles. The molecule has 4 heteroatoms. The maximum atomic E-state index is 11.6. The van der Waals surface area contributed by atoms with Crippen LogP contribution in [-0.2, 0) is 14.3 Å². The fraction of sp³-hybridized carbons (Fsp3) is 0.929. The van der Waals surface area contributed by atoms with E-state index in [1.165, 1.54) is 0 Å². The summed E-state index contributed by atoms with van der Waals surface area (Å²) in [5.74, 6) is -0.200. The zero-order valence-electron chi connectivity index (χ0n) is 12.5. The molecule has 0 bridgehead atoms.